The van der Waals surface area contributed by atoms with Crippen LogP contribution < -0.4 is 15.5 Å². The third-order valence-corrected chi connectivity index (χ3v) is 12.4. The van der Waals surface area contributed by atoms with Crippen LogP contribution in [-0.4, -0.2) is 77.5 Å². The monoisotopic (exact) mass is 675 g/mol. The van der Waals surface area contributed by atoms with Gasteiger partial charge in [0, 0.05) is 42.3 Å². The van der Waals surface area contributed by atoms with Crippen LogP contribution in [0.3, 0.4) is 0 Å². The predicted molar refractivity (Wildman–Crippen MR) is 189 cm³/mol. The summed E-state index contributed by atoms with van der Waals surface area (Å²) >= 11 is 0. The van der Waals surface area contributed by atoms with E-state index in [1.165, 1.54) is 51.4 Å². The predicted octanol–water partition coefficient (Wildman–Crippen LogP) is 8.53. The van der Waals surface area contributed by atoms with Crippen LogP contribution in [0.15, 0.2) is 12.3 Å². The number of carbonyl (C=O) groups excluding carboxylic acids is 2. The largest absolute Gasteiger partial charge is 0.449 e. The molecule has 1 saturated heterocycles. The van der Waals surface area contributed by atoms with Crippen molar-refractivity contribution in [2.75, 3.05) is 59.5 Å². The number of unbranched alkanes of at least 4 members (excludes halogenated alkanes) is 2. The Hall–Kier alpha value is -1.18. The molecule has 1 aromatic heterocycles. The fraction of sp³-hybridized carbons (Fsp3) is 0.800. The number of ether oxygens (including phenoxy) is 2. The van der Waals surface area contributed by atoms with E-state index in [1.54, 1.807) is 33.9 Å². The number of rotatable bonds is 23. The summed E-state index contributed by atoms with van der Waals surface area (Å²) in [5.74, 6) is 6.26. The maximum absolute atomic E-state index is 12.3. The molecule has 2 N–H and O–H groups in total. The number of amides is 2. The van der Waals surface area contributed by atoms with Crippen molar-refractivity contribution < 1.29 is 19.1 Å². The number of anilines is 2. The van der Waals surface area contributed by atoms with Crippen molar-refractivity contribution in [2.45, 2.75) is 91.5 Å². The van der Waals surface area contributed by atoms with Gasteiger partial charge in [-0.2, -0.15) is 4.98 Å². The van der Waals surface area contributed by atoms with Gasteiger partial charge in [0.05, 0.1) is 6.04 Å². The van der Waals surface area contributed by atoms with E-state index in [4.69, 9.17) is 9.47 Å². The van der Waals surface area contributed by atoms with Crippen molar-refractivity contribution in [3.8, 4) is 0 Å². The lowest BCUT2D eigenvalue weighted by molar-refractivity contribution is 0.150. The standard InChI is InChI=1S/C30H53N5O4S4/c1-5-9-11-24(7-3)22-42-40-19-17-38-29(36)32-26-14-16-35(21-26)27-13-15-31-28(33-27)34-30(37)39-18-20-41-43-23-25(8-4)12-10-6-2/h13,15,24-26H,5-12,14,16-23H2,1-4H3,(H,32,36)(H,31,33,34,37)/t24-,25+,26-/m1/s1. The molecule has 3 atom stereocenters. The number of nitrogens with one attached hydrogen (secondary N) is 2. The summed E-state index contributed by atoms with van der Waals surface area (Å²) in [6.45, 7) is 11.1. The zero-order valence-corrected chi connectivity index (χ0v) is 29.8. The van der Waals surface area contributed by atoms with E-state index in [9.17, 15) is 9.59 Å². The van der Waals surface area contributed by atoms with Crippen LogP contribution in [0.2, 0.25) is 0 Å². The van der Waals surface area contributed by atoms with Crippen LogP contribution in [-0.2, 0) is 9.47 Å². The summed E-state index contributed by atoms with van der Waals surface area (Å²) in [6.07, 6.45) is 11.6. The van der Waals surface area contributed by atoms with E-state index in [0.29, 0.717) is 25.6 Å². The van der Waals surface area contributed by atoms with Gasteiger partial charge in [0.2, 0.25) is 5.95 Å². The Labute approximate surface area is 275 Å². The molecule has 0 aliphatic carbocycles. The molecule has 0 spiro atoms. The Bertz CT molecular complexity index is 904. The molecule has 1 fully saturated rings. The van der Waals surface area contributed by atoms with E-state index in [0.717, 1.165) is 47.8 Å². The normalized spacial score (nSPS) is 16.1. The van der Waals surface area contributed by atoms with E-state index >= 15 is 0 Å². The molecule has 9 nitrogen and oxygen atoms in total. The van der Waals surface area contributed by atoms with Gasteiger partial charge in [-0.05, 0) is 37.2 Å². The van der Waals surface area contributed by atoms with Gasteiger partial charge < -0.3 is 19.7 Å². The molecular weight excluding hydrogens is 623 g/mol. The molecule has 2 amide bonds. The Morgan fingerprint density at radius 3 is 2.12 bits per heavy atom. The molecule has 2 rings (SSSR count). The molecule has 0 aromatic carbocycles. The van der Waals surface area contributed by atoms with Gasteiger partial charge in [0.15, 0.2) is 0 Å². The van der Waals surface area contributed by atoms with Crippen LogP contribution in [0.25, 0.3) is 0 Å². The first kappa shape index (κ1) is 38.0. The lowest BCUT2D eigenvalue weighted by Crippen LogP contribution is -2.37. The highest BCUT2D eigenvalue weighted by Crippen LogP contribution is 2.28. The number of alkyl carbamates (subject to hydrolysis) is 1. The van der Waals surface area contributed by atoms with Crippen LogP contribution >= 0.6 is 43.2 Å². The van der Waals surface area contributed by atoms with Crippen LogP contribution in [0.1, 0.15) is 85.5 Å². The highest BCUT2D eigenvalue weighted by Gasteiger charge is 2.25. The maximum atomic E-state index is 12.3. The molecule has 0 saturated carbocycles. The first-order chi connectivity index (χ1) is 21.0. The Balaban J connectivity index is 1.59. The van der Waals surface area contributed by atoms with E-state index in [2.05, 4.69) is 53.2 Å². The fourth-order valence-corrected chi connectivity index (χ4v) is 9.31. The highest BCUT2D eigenvalue weighted by molar-refractivity contribution is 8.77. The number of carbonyl (C=O) groups is 2. The van der Waals surface area contributed by atoms with E-state index in [1.807, 2.05) is 21.6 Å². The third kappa shape index (κ3) is 17.2. The first-order valence-corrected chi connectivity index (χ1v) is 20.9. The van der Waals surface area contributed by atoms with Gasteiger partial charge in [-0.25, -0.2) is 14.6 Å². The summed E-state index contributed by atoms with van der Waals surface area (Å²) in [5, 5.41) is 5.59. The molecule has 2 heterocycles. The summed E-state index contributed by atoms with van der Waals surface area (Å²) in [7, 11) is 7.27. The summed E-state index contributed by atoms with van der Waals surface area (Å²) in [5.41, 5.74) is 0. The molecular formula is C30H53N5O4S4. The number of hydrogen-bond donors (Lipinski definition) is 2. The third-order valence-electron chi connectivity index (χ3n) is 7.35. The number of nitrogens with zero attached hydrogens (tertiary/aromatic N) is 3. The Morgan fingerprint density at radius 1 is 0.930 bits per heavy atom. The van der Waals surface area contributed by atoms with Gasteiger partial charge >= 0.3 is 12.2 Å². The average Bonchev–Trinajstić information content (AvgIpc) is 3.48. The Kier molecular flexibility index (Phi) is 21.3. The van der Waals surface area contributed by atoms with E-state index in [-0.39, 0.29) is 18.1 Å². The van der Waals surface area contributed by atoms with Gasteiger partial charge in [-0.1, -0.05) is 109 Å². The molecule has 1 aliphatic rings. The Morgan fingerprint density at radius 2 is 1.53 bits per heavy atom. The highest BCUT2D eigenvalue weighted by atomic mass is 33.1. The quantitative estimate of drug-likeness (QED) is 0.0861. The molecule has 0 radical (unpaired) electrons. The molecule has 1 aromatic rings. The van der Waals surface area contributed by atoms with Crippen molar-refractivity contribution in [2.24, 2.45) is 11.8 Å². The average molecular weight is 676 g/mol. The molecule has 43 heavy (non-hydrogen) atoms. The lowest BCUT2D eigenvalue weighted by atomic mass is 10.0. The van der Waals surface area contributed by atoms with Crippen molar-refractivity contribution in [3.63, 3.8) is 0 Å². The topological polar surface area (TPSA) is 106 Å². The van der Waals surface area contributed by atoms with Crippen molar-refractivity contribution in [1.82, 2.24) is 15.3 Å². The zero-order valence-electron chi connectivity index (χ0n) is 26.5. The lowest BCUT2D eigenvalue weighted by Gasteiger charge is -2.18. The summed E-state index contributed by atoms with van der Waals surface area (Å²) in [6, 6.07) is 1.78. The van der Waals surface area contributed by atoms with Crippen LogP contribution in [0.5, 0.6) is 0 Å². The number of hydrogen-bond acceptors (Lipinski definition) is 11. The minimum absolute atomic E-state index is 0.0237. The fourth-order valence-electron chi connectivity index (χ4n) is 4.55. The molecule has 1 aliphatic heterocycles. The van der Waals surface area contributed by atoms with Crippen LogP contribution in [0, 0.1) is 11.8 Å². The SMILES string of the molecule is CCCC[C@@H](CC)CSSCCOC(=O)N[C@@H]1CCN(c2ccnc(NC(=O)OCCSSC[C@@H](CC)CCCC)n2)C1. The summed E-state index contributed by atoms with van der Waals surface area (Å²) < 4.78 is 10.7. The second-order valence-corrected chi connectivity index (χ2v) is 16.0. The second-order valence-electron chi connectivity index (χ2n) is 10.8. The van der Waals surface area contributed by atoms with E-state index < -0.39 is 6.09 Å². The minimum atomic E-state index is -0.556. The van der Waals surface area contributed by atoms with Gasteiger partial charge in [0.1, 0.15) is 19.0 Å². The van der Waals surface area contributed by atoms with Gasteiger partial charge in [0.25, 0.3) is 0 Å². The zero-order chi connectivity index (χ0) is 31.1. The minimum Gasteiger partial charge on any atom is -0.449 e. The molecule has 0 bridgehead atoms. The van der Waals surface area contributed by atoms with Crippen molar-refractivity contribution in [1.29, 1.82) is 0 Å². The molecule has 0 unspecified atom stereocenters. The number of aromatic nitrogens is 2. The second kappa shape index (κ2) is 24.1. The van der Waals surface area contributed by atoms with Crippen LogP contribution in [0.4, 0.5) is 21.4 Å². The maximum Gasteiger partial charge on any atom is 0.414 e. The summed E-state index contributed by atoms with van der Waals surface area (Å²) in [4.78, 5) is 35.2. The van der Waals surface area contributed by atoms with Gasteiger partial charge in [-0.15, -0.1) is 0 Å². The van der Waals surface area contributed by atoms with Crippen molar-refractivity contribution in [3.05, 3.63) is 12.3 Å². The van der Waals surface area contributed by atoms with Crippen molar-refractivity contribution >= 4 is 67.1 Å². The molecule has 13 heteroatoms. The van der Waals surface area contributed by atoms with Gasteiger partial charge in [-0.3, -0.25) is 5.32 Å². The first-order valence-electron chi connectivity index (χ1n) is 15.9. The smallest absolute Gasteiger partial charge is 0.414 e. The molecule has 246 valence electrons.